The maximum atomic E-state index is 11.6. The van der Waals surface area contributed by atoms with Crippen molar-refractivity contribution in [1.29, 1.82) is 0 Å². The lowest BCUT2D eigenvalue weighted by Crippen LogP contribution is -2.35. The first-order chi connectivity index (χ1) is 6.34. The second kappa shape index (κ2) is 6.01. The molecule has 0 atom stereocenters. The number of nitrogens with zero attached hydrogens (tertiary/aromatic N) is 1. The van der Waals surface area contributed by atoms with Gasteiger partial charge < -0.3 is 4.90 Å². The maximum absolute atomic E-state index is 11.6. The molecule has 0 saturated carbocycles. The maximum Gasteiger partial charge on any atom is 0.222 e. The number of piperidine rings is 1. The van der Waals surface area contributed by atoms with E-state index >= 15 is 0 Å². The third-order valence-corrected chi connectivity index (χ3v) is 2.70. The summed E-state index contributed by atoms with van der Waals surface area (Å²) >= 11 is 0. The van der Waals surface area contributed by atoms with Crippen LogP contribution in [0.4, 0.5) is 0 Å². The molecule has 1 heterocycles. The molecular formula is C11H21NO. The van der Waals surface area contributed by atoms with Crippen LogP contribution in [0.2, 0.25) is 0 Å². The van der Waals surface area contributed by atoms with E-state index in [0.29, 0.717) is 5.91 Å². The van der Waals surface area contributed by atoms with E-state index in [1.54, 1.807) is 0 Å². The van der Waals surface area contributed by atoms with Crippen LogP contribution in [-0.2, 0) is 4.79 Å². The summed E-state index contributed by atoms with van der Waals surface area (Å²) in [6.45, 7) is 4.18. The van der Waals surface area contributed by atoms with Crippen molar-refractivity contribution in [3.63, 3.8) is 0 Å². The lowest BCUT2D eigenvalue weighted by Gasteiger charge is -2.26. The van der Waals surface area contributed by atoms with E-state index in [2.05, 4.69) is 6.92 Å². The Balaban J connectivity index is 2.13. The molecule has 2 nitrogen and oxygen atoms in total. The van der Waals surface area contributed by atoms with Gasteiger partial charge in [-0.3, -0.25) is 4.79 Å². The highest BCUT2D eigenvalue weighted by molar-refractivity contribution is 5.76. The van der Waals surface area contributed by atoms with Crippen LogP contribution < -0.4 is 0 Å². The minimum Gasteiger partial charge on any atom is -0.343 e. The first-order valence-corrected chi connectivity index (χ1v) is 5.62. The van der Waals surface area contributed by atoms with Gasteiger partial charge in [-0.25, -0.2) is 0 Å². The third-order valence-electron chi connectivity index (χ3n) is 2.70. The van der Waals surface area contributed by atoms with E-state index in [1.807, 2.05) is 4.90 Å². The van der Waals surface area contributed by atoms with Crippen LogP contribution in [0.25, 0.3) is 0 Å². The monoisotopic (exact) mass is 183 g/mol. The van der Waals surface area contributed by atoms with Gasteiger partial charge >= 0.3 is 0 Å². The number of amides is 1. The van der Waals surface area contributed by atoms with Crippen LogP contribution in [0.1, 0.15) is 51.9 Å². The smallest absolute Gasteiger partial charge is 0.222 e. The van der Waals surface area contributed by atoms with Crippen molar-refractivity contribution in [3.05, 3.63) is 0 Å². The number of carbonyl (C=O) groups excluding carboxylic acids is 1. The molecule has 1 aliphatic rings. The molecule has 0 spiro atoms. The molecule has 0 aromatic heterocycles. The standard InChI is InChI=1S/C11H21NO/c1-2-3-5-8-11(13)12-9-6-4-7-10-12/h2-10H2,1H3. The molecule has 1 saturated heterocycles. The lowest BCUT2D eigenvalue weighted by molar-refractivity contribution is -0.132. The molecule has 0 aromatic rings. The summed E-state index contributed by atoms with van der Waals surface area (Å²) in [4.78, 5) is 13.6. The van der Waals surface area contributed by atoms with Crippen molar-refractivity contribution < 1.29 is 4.79 Å². The summed E-state index contributed by atoms with van der Waals surface area (Å²) in [5, 5.41) is 0. The Labute approximate surface area is 81.3 Å². The van der Waals surface area contributed by atoms with Crippen molar-refractivity contribution in [3.8, 4) is 0 Å². The first-order valence-electron chi connectivity index (χ1n) is 5.62. The summed E-state index contributed by atoms with van der Waals surface area (Å²) < 4.78 is 0. The normalized spacial score (nSPS) is 17.5. The van der Waals surface area contributed by atoms with E-state index in [0.717, 1.165) is 25.9 Å². The average Bonchev–Trinajstić information content (AvgIpc) is 2.19. The molecule has 0 radical (unpaired) electrons. The van der Waals surface area contributed by atoms with Gasteiger partial charge in [0, 0.05) is 19.5 Å². The quantitative estimate of drug-likeness (QED) is 0.613. The largest absolute Gasteiger partial charge is 0.343 e. The van der Waals surface area contributed by atoms with Gasteiger partial charge in [0.05, 0.1) is 0 Å². The number of rotatable bonds is 4. The molecule has 1 amide bonds. The van der Waals surface area contributed by atoms with Gasteiger partial charge in [-0.15, -0.1) is 0 Å². The molecular weight excluding hydrogens is 162 g/mol. The Morgan fingerprint density at radius 3 is 2.46 bits per heavy atom. The van der Waals surface area contributed by atoms with E-state index in [1.165, 1.54) is 32.1 Å². The molecule has 13 heavy (non-hydrogen) atoms. The Kier molecular flexibility index (Phi) is 4.87. The summed E-state index contributed by atoms with van der Waals surface area (Å²) in [6.07, 6.45) is 7.96. The zero-order chi connectivity index (χ0) is 9.52. The number of unbranched alkanes of at least 4 members (excludes halogenated alkanes) is 2. The van der Waals surface area contributed by atoms with Gasteiger partial charge in [-0.05, 0) is 25.7 Å². The average molecular weight is 183 g/mol. The number of hydrogen-bond acceptors (Lipinski definition) is 1. The molecule has 1 fully saturated rings. The van der Waals surface area contributed by atoms with E-state index in [-0.39, 0.29) is 0 Å². The Bertz CT molecular complexity index is 150. The molecule has 1 aliphatic heterocycles. The summed E-state index contributed by atoms with van der Waals surface area (Å²) in [5.41, 5.74) is 0. The van der Waals surface area contributed by atoms with Gasteiger partial charge in [-0.1, -0.05) is 19.8 Å². The van der Waals surface area contributed by atoms with E-state index in [4.69, 9.17) is 0 Å². The van der Waals surface area contributed by atoms with E-state index in [9.17, 15) is 4.79 Å². The summed E-state index contributed by atoms with van der Waals surface area (Å²) in [6, 6.07) is 0. The highest BCUT2D eigenvalue weighted by atomic mass is 16.2. The van der Waals surface area contributed by atoms with Crippen LogP contribution in [0.5, 0.6) is 0 Å². The molecule has 0 aliphatic carbocycles. The van der Waals surface area contributed by atoms with E-state index < -0.39 is 0 Å². The number of hydrogen-bond donors (Lipinski definition) is 0. The predicted molar refractivity (Wildman–Crippen MR) is 54.6 cm³/mol. The Morgan fingerprint density at radius 2 is 1.85 bits per heavy atom. The van der Waals surface area contributed by atoms with Crippen LogP contribution in [0.3, 0.4) is 0 Å². The van der Waals surface area contributed by atoms with Gasteiger partial charge in [0.1, 0.15) is 0 Å². The first kappa shape index (κ1) is 10.6. The lowest BCUT2D eigenvalue weighted by atomic mass is 10.1. The minimum atomic E-state index is 0.383. The number of likely N-dealkylation sites (tertiary alicyclic amines) is 1. The van der Waals surface area contributed by atoms with Gasteiger partial charge in [0.15, 0.2) is 0 Å². The number of carbonyl (C=O) groups is 1. The molecule has 76 valence electrons. The van der Waals surface area contributed by atoms with Crippen LogP contribution in [0, 0.1) is 0 Å². The topological polar surface area (TPSA) is 20.3 Å². The van der Waals surface area contributed by atoms with Crippen molar-refractivity contribution in [2.75, 3.05) is 13.1 Å². The van der Waals surface area contributed by atoms with Crippen molar-refractivity contribution in [2.24, 2.45) is 0 Å². The fraction of sp³-hybridized carbons (Fsp3) is 0.909. The molecule has 0 aromatic carbocycles. The molecule has 0 N–H and O–H groups in total. The van der Waals surface area contributed by atoms with Gasteiger partial charge in [0.2, 0.25) is 5.91 Å². The fourth-order valence-electron chi connectivity index (χ4n) is 1.83. The van der Waals surface area contributed by atoms with Crippen molar-refractivity contribution in [1.82, 2.24) is 4.90 Å². The Hall–Kier alpha value is -0.530. The molecule has 0 bridgehead atoms. The molecule has 1 rings (SSSR count). The Morgan fingerprint density at radius 1 is 1.15 bits per heavy atom. The summed E-state index contributed by atoms with van der Waals surface area (Å²) in [7, 11) is 0. The predicted octanol–water partition coefficient (Wildman–Crippen LogP) is 2.58. The van der Waals surface area contributed by atoms with Crippen LogP contribution in [-0.4, -0.2) is 23.9 Å². The van der Waals surface area contributed by atoms with Gasteiger partial charge in [0.25, 0.3) is 0 Å². The second-order valence-corrected chi connectivity index (χ2v) is 3.90. The third kappa shape index (κ3) is 3.79. The fourth-order valence-corrected chi connectivity index (χ4v) is 1.83. The molecule has 2 heteroatoms. The minimum absolute atomic E-state index is 0.383. The van der Waals surface area contributed by atoms with Crippen LogP contribution >= 0.6 is 0 Å². The van der Waals surface area contributed by atoms with Crippen LogP contribution in [0.15, 0.2) is 0 Å². The molecule has 0 unspecified atom stereocenters. The zero-order valence-electron chi connectivity index (χ0n) is 8.72. The second-order valence-electron chi connectivity index (χ2n) is 3.90. The zero-order valence-corrected chi connectivity index (χ0v) is 8.72. The SMILES string of the molecule is CCCCCC(=O)N1CCCCC1. The highest BCUT2D eigenvalue weighted by Crippen LogP contribution is 2.11. The van der Waals surface area contributed by atoms with Gasteiger partial charge in [-0.2, -0.15) is 0 Å². The summed E-state index contributed by atoms with van der Waals surface area (Å²) in [5.74, 6) is 0.383. The highest BCUT2D eigenvalue weighted by Gasteiger charge is 2.15. The van der Waals surface area contributed by atoms with Crippen molar-refractivity contribution >= 4 is 5.91 Å². The van der Waals surface area contributed by atoms with Crippen molar-refractivity contribution in [2.45, 2.75) is 51.9 Å².